The number of carbonyl (C=O) groups excluding carboxylic acids is 1. The van der Waals surface area contributed by atoms with Crippen LogP contribution < -0.4 is 0 Å². The van der Waals surface area contributed by atoms with Crippen molar-refractivity contribution in [1.29, 1.82) is 0 Å². The highest BCUT2D eigenvalue weighted by Crippen LogP contribution is 2.35. The summed E-state index contributed by atoms with van der Waals surface area (Å²) in [5.41, 5.74) is 6.63. The Morgan fingerprint density at radius 1 is 1.00 bits per heavy atom. The molecule has 0 spiro atoms. The maximum Gasteiger partial charge on any atom is 0.254 e. The van der Waals surface area contributed by atoms with Crippen molar-refractivity contribution in [3.63, 3.8) is 0 Å². The molecule has 0 bridgehead atoms. The molecule has 4 aromatic rings. The molecule has 1 N–H and O–H groups in total. The molecule has 3 heteroatoms. The highest BCUT2D eigenvalue weighted by Gasteiger charge is 2.30. The first-order valence-corrected chi connectivity index (χ1v) is 8.58. The summed E-state index contributed by atoms with van der Waals surface area (Å²) in [4.78, 5) is 18.4. The van der Waals surface area contributed by atoms with E-state index in [-0.39, 0.29) is 5.91 Å². The van der Waals surface area contributed by atoms with Gasteiger partial charge in [-0.15, -0.1) is 0 Å². The lowest BCUT2D eigenvalue weighted by Crippen LogP contribution is -2.23. The molecular weight excluding hydrogens is 308 g/mol. The van der Waals surface area contributed by atoms with E-state index in [1.165, 1.54) is 10.9 Å². The number of rotatable bonds is 2. The minimum atomic E-state index is 0.133. The Balaban J connectivity index is 1.63. The normalized spacial score (nSPS) is 13.8. The van der Waals surface area contributed by atoms with E-state index in [2.05, 4.69) is 42.2 Å². The smallest absolute Gasteiger partial charge is 0.254 e. The highest BCUT2D eigenvalue weighted by atomic mass is 16.2. The zero-order valence-corrected chi connectivity index (χ0v) is 14.0. The van der Waals surface area contributed by atoms with Gasteiger partial charge in [-0.2, -0.15) is 0 Å². The van der Waals surface area contributed by atoms with Gasteiger partial charge in [-0.1, -0.05) is 48.5 Å². The molecule has 0 aliphatic carbocycles. The molecule has 122 valence electrons. The number of para-hydroxylation sites is 1. The van der Waals surface area contributed by atoms with E-state index < -0.39 is 0 Å². The lowest BCUT2D eigenvalue weighted by molar-refractivity contribution is 0.0767. The van der Waals surface area contributed by atoms with Gasteiger partial charge in [-0.05, 0) is 35.7 Å². The minimum Gasteiger partial charge on any atom is -0.354 e. The van der Waals surface area contributed by atoms with Crippen LogP contribution in [0.5, 0.6) is 0 Å². The Kier molecular flexibility index (Phi) is 2.98. The van der Waals surface area contributed by atoms with Crippen LogP contribution in [0, 0.1) is 6.92 Å². The van der Waals surface area contributed by atoms with Crippen LogP contribution in [0.15, 0.2) is 60.7 Å². The first-order valence-electron chi connectivity index (χ1n) is 8.58. The Labute approximate surface area is 145 Å². The van der Waals surface area contributed by atoms with Gasteiger partial charge in [0, 0.05) is 40.5 Å². The molecule has 1 aliphatic heterocycles. The Morgan fingerprint density at radius 3 is 2.60 bits per heavy atom. The van der Waals surface area contributed by atoms with Crippen LogP contribution in [-0.4, -0.2) is 15.8 Å². The van der Waals surface area contributed by atoms with Crippen molar-refractivity contribution in [3.8, 4) is 0 Å². The van der Waals surface area contributed by atoms with Gasteiger partial charge in [0.1, 0.15) is 0 Å². The number of aryl methyl sites for hydroxylation is 1. The minimum absolute atomic E-state index is 0.133. The predicted molar refractivity (Wildman–Crippen MR) is 101 cm³/mol. The molecule has 1 aromatic heterocycles. The van der Waals surface area contributed by atoms with Crippen molar-refractivity contribution in [2.24, 2.45) is 0 Å². The van der Waals surface area contributed by atoms with E-state index >= 15 is 0 Å². The van der Waals surface area contributed by atoms with Crippen molar-refractivity contribution >= 4 is 27.7 Å². The van der Waals surface area contributed by atoms with E-state index in [9.17, 15) is 4.79 Å². The number of aromatic nitrogens is 1. The number of H-pyrrole nitrogens is 1. The SMILES string of the molecule is Cc1c2c(cc3c1[nH]c1ccccc13)C(=O)N(Cc1ccccc1)C2. The Bertz CT molecular complexity index is 1130. The number of hydrogen-bond donors (Lipinski definition) is 1. The van der Waals surface area contributed by atoms with Crippen LogP contribution in [0.2, 0.25) is 0 Å². The van der Waals surface area contributed by atoms with Gasteiger partial charge >= 0.3 is 0 Å². The van der Waals surface area contributed by atoms with Gasteiger partial charge in [-0.25, -0.2) is 0 Å². The van der Waals surface area contributed by atoms with E-state index in [1.54, 1.807) is 0 Å². The molecule has 0 fully saturated rings. The second-order valence-electron chi connectivity index (χ2n) is 6.77. The van der Waals surface area contributed by atoms with Crippen LogP contribution in [-0.2, 0) is 13.1 Å². The number of nitrogens with zero attached hydrogens (tertiary/aromatic N) is 1. The summed E-state index contributed by atoms with van der Waals surface area (Å²) in [5, 5.41) is 2.32. The summed E-state index contributed by atoms with van der Waals surface area (Å²) in [7, 11) is 0. The van der Waals surface area contributed by atoms with E-state index in [4.69, 9.17) is 0 Å². The summed E-state index contributed by atoms with van der Waals surface area (Å²) < 4.78 is 0. The molecule has 0 atom stereocenters. The first kappa shape index (κ1) is 14.3. The van der Waals surface area contributed by atoms with Gasteiger partial charge in [0.05, 0.1) is 0 Å². The molecule has 0 saturated heterocycles. The molecule has 3 nitrogen and oxygen atoms in total. The quantitative estimate of drug-likeness (QED) is 0.565. The van der Waals surface area contributed by atoms with Crippen molar-refractivity contribution in [2.45, 2.75) is 20.0 Å². The fourth-order valence-corrected chi connectivity index (χ4v) is 3.95. The fourth-order valence-electron chi connectivity index (χ4n) is 3.95. The second kappa shape index (κ2) is 5.21. The molecule has 3 aromatic carbocycles. The van der Waals surface area contributed by atoms with Crippen LogP contribution in [0.1, 0.15) is 27.0 Å². The Hall–Kier alpha value is -3.07. The lowest BCUT2D eigenvalue weighted by Gasteiger charge is -2.15. The zero-order chi connectivity index (χ0) is 17.0. The number of fused-ring (bicyclic) bond motifs is 4. The van der Waals surface area contributed by atoms with E-state index in [1.807, 2.05) is 35.2 Å². The third-order valence-corrected chi connectivity index (χ3v) is 5.27. The summed E-state index contributed by atoms with van der Waals surface area (Å²) >= 11 is 0. The number of hydrogen-bond acceptors (Lipinski definition) is 1. The van der Waals surface area contributed by atoms with Crippen molar-refractivity contribution < 1.29 is 4.79 Å². The number of nitrogens with one attached hydrogen (secondary N) is 1. The van der Waals surface area contributed by atoms with Crippen LogP contribution in [0.4, 0.5) is 0 Å². The Morgan fingerprint density at radius 2 is 1.76 bits per heavy atom. The monoisotopic (exact) mass is 326 g/mol. The van der Waals surface area contributed by atoms with Gasteiger partial charge in [0.15, 0.2) is 0 Å². The third-order valence-electron chi connectivity index (χ3n) is 5.27. The molecular formula is C22H18N2O. The molecule has 25 heavy (non-hydrogen) atoms. The number of carbonyl (C=O) groups is 1. The lowest BCUT2D eigenvalue weighted by atomic mass is 10.00. The van der Waals surface area contributed by atoms with Crippen molar-refractivity contribution in [3.05, 3.63) is 82.9 Å². The average molecular weight is 326 g/mol. The molecule has 1 aliphatic rings. The largest absolute Gasteiger partial charge is 0.354 e. The van der Waals surface area contributed by atoms with Gasteiger partial charge in [0.25, 0.3) is 5.91 Å². The standard InChI is InChI=1S/C22H18N2O/c1-14-19-13-24(12-15-7-3-2-4-8-15)22(25)18(19)11-17-16-9-5-6-10-20(16)23-21(14)17/h2-11,23H,12-13H2,1H3. The molecule has 0 radical (unpaired) electrons. The predicted octanol–water partition coefficient (Wildman–Crippen LogP) is 4.79. The third kappa shape index (κ3) is 2.09. The summed E-state index contributed by atoms with van der Waals surface area (Å²) in [6, 6.07) is 20.5. The van der Waals surface area contributed by atoms with Crippen LogP contribution in [0.25, 0.3) is 21.8 Å². The number of amides is 1. The van der Waals surface area contributed by atoms with E-state index in [0.29, 0.717) is 13.1 Å². The van der Waals surface area contributed by atoms with E-state index in [0.717, 1.165) is 33.1 Å². The van der Waals surface area contributed by atoms with Crippen molar-refractivity contribution in [1.82, 2.24) is 9.88 Å². The van der Waals surface area contributed by atoms with Gasteiger partial charge in [0.2, 0.25) is 0 Å². The second-order valence-corrected chi connectivity index (χ2v) is 6.77. The summed E-state index contributed by atoms with van der Waals surface area (Å²) in [6.45, 7) is 3.46. The molecule has 0 saturated carbocycles. The molecule has 5 rings (SSSR count). The first-order chi connectivity index (χ1) is 12.2. The highest BCUT2D eigenvalue weighted by molar-refractivity contribution is 6.12. The van der Waals surface area contributed by atoms with Crippen LogP contribution in [0.3, 0.4) is 0 Å². The molecule has 1 amide bonds. The summed E-state index contributed by atoms with van der Waals surface area (Å²) in [6.07, 6.45) is 0. The van der Waals surface area contributed by atoms with Gasteiger partial charge in [-0.3, -0.25) is 4.79 Å². The summed E-state index contributed by atoms with van der Waals surface area (Å²) in [5.74, 6) is 0.133. The average Bonchev–Trinajstić information content (AvgIpc) is 3.16. The topological polar surface area (TPSA) is 36.1 Å². The molecule has 0 unspecified atom stereocenters. The zero-order valence-electron chi connectivity index (χ0n) is 14.0. The number of aromatic amines is 1. The van der Waals surface area contributed by atoms with Crippen LogP contribution >= 0.6 is 0 Å². The van der Waals surface area contributed by atoms with Gasteiger partial charge < -0.3 is 9.88 Å². The van der Waals surface area contributed by atoms with Crippen molar-refractivity contribution in [2.75, 3.05) is 0 Å². The maximum atomic E-state index is 13.0. The fraction of sp³-hybridized carbons (Fsp3) is 0.136. The maximum absolute atomic E-state index is 13.0. The molecule has 2 heterocycles. The number of benzene rings is 3.